The number of hydrogen-bond acceptors (Lipinski definition) is 6. The Morgan fingerprint density at radius 1 is 1.04 bits per heavy atom. The molecule has 2 aromatic rings. The van der Waals surface area contributed by atoms with Gasteiger partial charge in [-0.25, -0.2) is 0 Å². The van der Waals surface area contributed by atoms with Crippen molar-refractivity contribution in [1.29, 1.82) is 0 Å². The predicted octanol–water partition coefficient (Wildman–Crippen LogP) is 3.45. The number of aromatic hydroxyl groups is 2. The lowest BCUT2D eigenvalue weighted by atomic mass is 9.82. The number of nitrogens with one attached hydrogen (secondary N) is 1. The average Bonchev–Trinajstić information content (AvgIpc) is 2.65. The normalized spacial score (nSPS) is 13.9. The molecular formula is C20H21NO5. The summed E-state index contributed by atoms with van der Waals surface area (Å²) in [6, 6.07) is 7.63. The van der Waals surface area contributed by atoms with Gasteiger partial charge in [0.1, 0.15) is 12.0 Å². The van der Waals surface area contributed by atoms with Gasteiger partial charge in [-0.05, 0) is 12.8 Å². The van der Waals surface area contributed by atoms with Crippen molar-refractivity contribution in [2.75, 3.05) is 11.9 Å². The van der Waals surface area contributed by atoms with Crippen LogP contribution in [0.3, 0.4) is 0 Å². The Balaban J connectivity index is 2.07. The summed E-state index contributed by atoms with van der Waals surface area (Å²) in [6.45, 7) is 4.43. The first kappa shape index (κ1) is 17.9. The van der Waals surface area contributed by atoms with Crippen LogP contribution in [-0.2, 0) is 4.74 Å². The molecule has 136 valence electrons. The zero-order valence-electron chi connectivity index (χ0n) is 14.7. The highest BCUT2D eigenvalue weighted by Crippen LogP contribution is 2.42. The van der Waals surface area contributed by atoms with E-state index in [-0.39, 0.29) is 45.7 Å². The topological polar surface area (TPSA) is 95.9 Å². The number of fused-ring (bicyclic) bond motifs is 2. The number of anilines is 1. The highest BCUT2D eigenvalue weighted by molar-refractivity contribution is 6.30. The SMILES string of the molecule is CCCOC(CC)Nc1cc(O)c2c(c1O)C(=O)c1ccccc1C2=O. The van der Waals surface area contributed by atoms with Gasteiger partial charge in [-0.15, -0.1) is 0 Å². The van der Waals surface area contributed by atoms with E-state index < -0.39 is 11.6 Å². The van der Waals surface area contributed by atoms with E-state index in [9.17, 15) is 19.8 Å². The molecule has 0 bridgehead atoms. The Morgan fingerprint density at radius 3 is 2.23 bits per heavy atom. The number of ketones is 2. The molecule has 3 rings (SSSR count). The lowest BCUT2D eigenvalue weighted by molar-refractivity contribution is 0.0700. The van der Waals surface area contributed by atoms with E-state index in [1.807, 2.05) is 13.8 Å². The highest BCUT2D eigenvalue weighted by atomic mass is 16.5. The number of rotatable bonds is 6. The fourth-order valence-electron chi connectivity index (χ4n) is 3.06. The molecule has 1 aliphatic carbocycles. The molecule has 0 saturated carbocycles. The summed E-state index contributed by atoms with van der Waals surface area (Å²) in [5.41, 5.74) is 0.245. The van der Waals surface area contributed by atoms with E-state index in [2.05, 4.69) is 5.32 Å². The van der Waals surface area contributed by atoms with Crippen LogP contribution in [0.4, 0.5) is 5.69 Å². The molecular weight excluding hydrogens is 334 g/mol. The predicted molar refractivity (Wildman–Crippen MR) is 97.0 cm³/mol. The van der Waals surface area contributed by atoms with Crippen molar-refractivity contribution < 1.29 is 24.5 Å². The molecule has 0 heterocycles. The Kier molecular flexibility index (Phi) is 4.95. The van der Waals surface area contributed by atoms with Crippen molar-refractivity contribution in [2.24, 2.45) is 0 Å². The van der Waals surface area contributed by atoms with Gasteiger partial charge in [-0.1, -0.05) is 38.1 Å². The first-order valence-electron chi connectivity index (χ1n) is 8.65. The molecule has 0 aromatic heterocycles. The number of carbonyl (C=O) groups is 2. The van der Waals surface area contributed by atoms with Gasteiger partial charge in [-0.2, -0.15) is 0 Å². The maximum Gasteiger partial charge on any atom is 0.198 e. The molecule has 0 saturated heterocycles. The Labute approximate surface area is 151 Å². The number of hydrogen-bond donors (Lipinski definition) is 3. The Morgan fingerprint density at radius 2 is 1.65 bits per heavy atom. The van der Waals surface area contributed by atoms with Crippen LogP contribution in [0.1, 0.15) is 58.5 Å². The van der Waals surface area contributed by atoms with Gasteiger partial charge in [-0.3, -0.25) is 9.59 Å². The number of phenols is 2. The van der Waals surface area contributed by atoms with Crippen molar-refractivity contribution in [3.05, 3.63) is 52.6 Å². The molecule has 6 nitrogen and oxygen atoms in total. The first-order valence-corrected chi connectivity index (χ1v) is 8.65. The summed E-state index contributed by atoms with van der Waals surface area (Å²) in [7, 11) is 0. The summed E-state index contributed by atoms with van der Waals surface area (Å²) in [6.07, 6.45) is 1.07. The van der Waals surface area contributed by atoms with Crippen molar-refractivity contribution in [3.8, 4) is 11.5 Å². The van der Waals surface area contributed by atoms with Crippen molar-refractivity contribution in [1.82, 2.24) is 0 Å². The zero-order chi connectivity index (χ0) is 18.8. The van der Waals surface area contributed by atoms with Gasteiger partial charge < -0.3 is 20.3 Å². The quantitative estimate of drug-likeness (QED) is 0.356. The number of phenolic OH excluding ortho intramolecular Hbond substituents is 2. The van der Waals surface area contributed by atoms with E-state index >= 15 is 0 Å². The third-order valence-electron chi connectivity index (χ3n) is 4.36. The molecule has 0 radical (unpaired) electrons. The molecule has 6 heteroatoms. The lowest BCUT2D eigenvalue weighted by Gasteiger charge is -2.24. The van der Waals surface area contributed by atoms with Crippen LogP contribution >= 0.6 is 0 Å². The Hall–Kier alpha value is -2.86. The van der Waals surface area contributed by atoms with Crippen LogP contribution in [0.15, 0.2) is 30.3 Å². The van der Waals surface area contributed by atoms with Crippen LogP contribution in [0.5, 0.6) is 11.5 Å². The maximum atomic E-state index is 12.8. The summed E-state index contributed by atoms with van der Waals surface area (Å²) >= 11 is 0. The van der Waals surface area contributed by atoms with Crippen LogP contribution in [-0.4, -0.2) is 34.6 Å². The first-order chi connectivity index (χ1) is 12.5. The fraction of sp³-hybridized carbons (Fsp3) is 0.300. The van der Waals surface area contributed by atoms with Crippen LogP contribution in [0.2, 0.25) is 0 Å². The molecule has 26 heavy (non-hydrogen) atoms. The van der Waals surface area contributed by atoms with Crippen molar-refractivity contribution >= 4 is 17.3 Å². The van der Waals surface area contributed by atoms with Crippen LogP contribution in [0, 0.1) is 0 Å². The van der Waals surface area contributed by atoms with E-state index in [0.717, 1.165) is 6.42 Å². The Bertz CT molecular complexity index is 875. The maximum absolute atomic E-state index is 12.8. The minimum absolute atomic E-state index is 0.157. The zero-order valence-corrected chi connectivity index (χ0v) is 14.7. The van der Waals surface area contributed by atoms with Crippen molar-refractivity contribution in [3.63, 3.8) is 0 Å². The van der Waals surface area contributed by atoms with E-state index in [1.54, 1.807) is 12.1 Å². The summed E-state index contributed by atoms with van der Waals surface area (Å²) < 4.78 is 5.63. The molecule has 0 spiro atoms. The molecule has 0 amide bonds. The molecule has 0 fully saturated rings. The average molecular weight is 355 g/mol. The van der Waals surface area contributed by atoms with Gasteiger partial charge >= 0.3 is 0 Å². The van der Waals surface area contributed by atoms with Gasteiger partial charge in [0.15, 0.2) is 17.3 Å². The molecule has 2 aromatic carbocycles. The molecule has 1 aliphatic rings. The third kappa shape index (κ3) is 2.93. The molecule has 1 atom stereocenters. The number of ether oxygens (including phenoxy) is 1. The summed E-state index contributed by atoms with van der Waals surface area (Å²) in [4.78, 5) is 25.5. The second-order valence-corrected chi connectivity index (χ2v) is 6.16. The minimum Gasteiger partial charge on any atom is -0.507 e. The molecule has 3 N–H and O–H groups in total. The van der Waals surface area contributed by atoms with Gasteiger partial charge in [0.2, 0.25) is 0 Å². The highest BCUT2D eigenvalue weighted by Gasteiger charge is 2.35. The van der Waals surface area contributed by atoms with E-state index in [0.29, 0.717) is 13.0 Å². The number of benzene rings is 2. The van der Waals surface area contributed by atoms with Gasteiger partial charge in [0.05, 0.1) is 16.8 Å². The minimum atomic E-state index is -0.492. The lowest BCUT2D eigenvalue weighted by Crippen LogP contribution is -2.25. The van der Waals surface area contributed by atoms with E-state index in [1.165, 1.54) is 18.2 Å². The van der Waals surface area contributed by atoms with Crippen LogP contribution in [0.25, 0.3) is 0 Å². The van der Waals surface area contributed by atoms with Gasteiger partial charge in [0, 0.05) is 23.8 Å². The smallest absolute Gasteiger partial charge is 0.198 e. The number of carbonyl (C=O) groups excluding carboxylic acids is 2. The van der Waals surface area contributed by atoms with Crippen molar-refractivity contribution in [2.45, 2.75) is 32.9 Å². The molecule has 0 aliphatic heterocycles. The van der Waals surface area contributed by atoms with E-state index in [4.69, 9.17) is 4.74 Å². The monoisotopic (exact) mass is 355 g/mol. The van der Waals surface area contributed by atoms with Gasteiger partial charge in [0.25, 0.3) is 0 Å². The second-order valence-electron chi connectivity index (χ2n) is 6.16. The summed E-state index contributed by atoms with van der Waals surface area (Å²) in [5.74, 6) is -1.68. The largest absolute Gasteiger partial charge is 0.507 e. The summed E-state index contributed by atoms with van der Waals surface area (Å²) in [5, 5.41) is 24.0. The van der Waals surface area contributed by atoms with Crippen LogP contribution < -0.4 is 5.32 Å². The molecule has 1 unspecified atom stereocenters. The second kappa shape index (κ2) is 7.17. The fourth-order valence-corrected chi connectivity index (χ4v) is 3.06. The standard InChI is InChI=1S/C20H21NO5/c1-3-9-26-15(4-2)21-13-10-14(22)16-17(20(13)25)19(24)12-8-6-5-7-11(12)18(16)23/h5-8,10,15,21-22,25H,3-4,9H2,1-2H3. The third-order valence-corrected chi connectivity index (χ3v) is 4.36.